The molecule has 3 saturated heterocycles. The average molecular weight is 353 g/mol. The highest BCUT2D eigenvalue weighted by atomic mass is 35.5. The van der Waals surface area contributed by atoms with Crippen LogP contribution < -0.4 is 0 Å². The Bertz CT molecular complexity index is 418. The van der Waals surface area contributed by atoms with Crippen LogP contribution in [-0.2, 0) is 14.4 Å². The number of alkyl halides is 2. The fourth-order valence-electron chi connectivity index (χ4n) is 2.33. The molecule has 0 amide bonds. The summed E-state index contributed by atoms with van der Waals surface area (Å²) in [6.45, 7) is 3.42. The first kappa shape index (κ1) is 18.7. The Labute approximate surface area is 138 Å². The lowest BCUT2D eigenvalue weighted by Gasteiger charge is -2.42. The van der Waals surface area contributed by atoms with Crippen molar-refractivity contribution in [1.82, 2.24) is 4.90 Å². The molecule has 1 atom stereocenters. The molecule has 3 fully saturated rings. The van der Waals surface area contributed by atoms with Crippen LogP contribution in [0.5, 0.6) is 0 Å². The summed E-state index contributed by atoms with van der Waals surface area (Å²) in [4.78, 5) is 26.3. The maximum atomic E-state index is 9.55. The third kappa shape index (κ3) is 7.63. The zero-order valence-electron chi connectivity index (χ0n) is 11.8. The highest BCUT2D eigenvalue weighted by Gasteiger charge is 2.35. The SMILES string of the molecule is ClC(Cl)C=NOC1CN2CCC1CC2.O=C(O)/C=C/C(=O)O. The van der Waals surface area contributed by atoms with Crippen molar-refractivity contribution in [2.24, 2.45) is 11.1 Å². The first-order chi connectivity index (χ1) is 10.4. The number of rotatable bonds is 5. The van der Waals surface area contributed by atoms with Gasteiger partial charge in [-0.25, -0.2) is 9.59 Å². The van der Waals surface area contributed by atoms with Gasteiger partial charge in [0, 0.05) is 24.6 Å². The lowest BCUT2D eigenvalue weighted by Crippen LogP contribution is -2.50. The van der Waals surface area contributed by atoms with Gasteiger partial charge in [-0.3, -0.25) is 4.90 Å². The minimum Gasteiger partial charge on any atom is -0.478 e. The van der Waals surface area contributed by atoms with Crippen LogP contribution in [0.15, 0.2) is 17.3 Å². The number of hydrogen-bond acceptors (Lipinski definition) is 5. The molecule has 124 valence electrons. The molecule has 1 unspecified atom stereocenters. The second-order valence-electron chi connectivity index (χ2n) is 4.88. The summed E-state index contributed by atoms with van der Waals surface area (Å²) in [5, 5.41) is 19.4. The third-order valence-electron chi connectivity index (χ3n) is 3.33. The van der Waals surface area contributed by atoms with Gasteiger partial charge in [-0.1, -0.05) is 28.4 Å². The van der Waals surface area contributed by atoms with Crippen molar-refractivity contribution in [3.05, 3.63) is 12.2 Å². The predicted molar refractivity (Wildman–Crippen MR) is 82.4 cm³/mol. The Morgan fingerprint density at radius 1 is 1.18 bits per heavy atom. The fraction of sp³-hybridized carbons (Fsp3) is 0.615. The minimum absolute atomic E-state index is 0.237. The molecular weight excluding hydrogens is 335 g/mol. The van der Waals surface area contributed by atoms with Crippen LogP contribution in [0.25, 0.3) is 0 Å². The second-order valence-corrected chi connectivity index (χ2v) is 6.04. The molecular formula is C13H18Cl2N2O5. The smallest absolute Gasteiger partial charge is 0.328 e. The fourth-order valence-corrected chi connectivity index (χ4v) is 2.42. The number of oxime groups is 1. The van der Waals surface area contributed by atoms with Gasteiger partial charge in [-0.15, -0.1) is 0 Å². The summed E-state index contributed by atoms with van der Waals surface area (Å²) < 4.78 is 0. The van der Waals surface area contributed by atoms with E-state index in [0.717, 1.165) is 6.54 Å². The second kappa shape index (κ2) is 9.66. The van der Waals surface area contributed by atoms with E-state index in [9.17, 15) is 9.59 Å². The number of nitrogens with zero attached hydrogens (tertiary/aromatic N) is 2. The van der Waals surface area contributed by atoms with Crippen LogP contribution in [0.1, 0.15) is 12.8 Å². The van der Waals surface area contributed by atoms with E-state index < -0.39 is 16.8 Å². The highest BCUT2D eigenvalue weighted by Crippen LogP contribution is 2.29. The van der Waals surface area contributed by atoms with E-state index in [0.29, 0.717) is 18.1 Å². The van der Waals surface area contributed by atoms with E-state index in [1.165, 1.54) is 32.1 Å². The Morgan fingerprint density at radius 3 is 2.09 bits per heavy atom. The summed E-state index contributed by atoms with van der Waals surface area (Å²) in [5.74, 6) is -1.85. The van der Waals surface area contributed by atoms with E-state index >= 15 is 0 Å². The van der Waals surface area contributed by atoms with E-state index in [-0.39, 0.29) is 6.10 Å². The van der Waals surface area contributed by atoms with Crippen molar-refractivity contribution in [3.63, 3.8) is 0 Å². The van der Waals surface area contributed by atoms with Crippen LogP contribution >= 0.6 is 23.2 Å². The van der Waals surface area contributed by atoms with Gasteiger partial charge in [-0.05, 0) is 25.9 Å². The zero-order valence-corrected chi connectivity index (χ0v) is 13.3. The molecule has 22 heavy (non-hydrogen) atoms. The van der Waals surface area contributed by atoms with Crippen molar-refractivity contribution in [1.29, 1.82) is 0 Å². The van der Waals surface area contributed by atoms with Crippen molar-refractivity contribution >= 4 is 41.4 Å². The topological polar surface area (TPSA) is 99.4 Å². The van der Waals surface area contributed by atoms with Gasteiger partial charge in [0.15, 0.2) is 0 Å². The molecule has 0 saturated carbocycles. The van der Waals surface area contributed by atoms with Crippen LogP contribution in [-0.4, -0.2) is 63.8 Å². The molecule has 0 radical (unpaired) electrons. The number of halogens is 2. The monoisotopic (exact) mass is 352 g/mol. The predicted octanol–water partition coefficient (Wildman–Crippen LogP) is 1.60. The van der Waals surface area contributed by atoms with Crippen molar-refractivity contribution in [2.75, 3.05) is 19.6 Å². The molecule has 3 rings (SSSR count). The van der Waals surface area contributed by atoms with E-state index in [1.807, 2.05) is 0 Å². The minimum atomic E-state index is -1.26. The molecule has 9 heteroatoms. The van der Waals surface area contributed by atoms with Gasteiger partial charge in [-0.2, -0.15) is 0 Å². The zero-order chi connectivity index (χ0) is 16.5. The summed E-state index contributed by atoms with van der Waals surface area (Å²) in [6, 6.07) is 0. The van der Waals surface area contributed by atoms with E-state index in [4.69, 9.17) is 38.3 Å². The Kier molecular flexibility index (Phi) is 8.22. The number of piperidine rings is 3. The van der Waals surface area contributed by atoms with Gasteiger partial charge in [0.25, 0.3) is 0 Å². The number of carboxylic acid groups (broad SMARTS) is 2. The quantitative estimate of drug-likeness (QED) is 0.337. The third-order valence-corrected chi connectivity index (χ3v) is 3.56. The Hall–Kier alpha value is -1.31. The molecule has 0 spiro atoms. The van der Waals surface area contributed by atoms with Gasteiger partial charge in [0.1, 0.15) is 10.9 Å². The number of carboxylic acids is 2. The van der Waals surface area contributed by atoms with Crippen molar-refractivity contribution < 1.29 is 24.6 Å². The van der Waals surface area contributed by atoms with Crippen LogP contribution in [0.3, 0.4) is 0 Å². The Morgan fingerprint density at radius 2 is 1.73 bits per heavy atom. The van der Waals surface area contributed by atoms with Crippen molar-refractivity contribution in [3.8, 4) is 0 Å². The molecule has 0 aromatic rings. The van der Waals surface area contributed by atoms with Crippen LogP contribution in [0, 0.1) is 5.92 Å². The first-order valence-electron chi connectivity index (χ1n) is 6.72. The maximum Gasteiger partial charge on any atom is 0.328 e. The standard InChI is InChI=1S/C9H14Cl2N2O.C4H4O4/c10-9(11)5-12-14-8-6-13-3-1-7(8)2-4-13;5-3(6)1-2-4(7)8/h5,7-9H,1-4,6H2;1-2H,(H,5,6)(H,7,8)/b;2-1+. The molecule has 2 bridgehead atoms. The van der Waals surface area contributed by atoms with E-state index in [2.05, 4.69) is 10.1 Å². The lowest BCUT2D eigenvalue weighted by atomic mass is 9.86. The number of aliphatic carboxylic acids is 2. The lowest BCUT2D eigenvalue weighted by molar-refractivity contribution is -0.134. The van der Waals surface area contributed by atoms with Gasteiger partial charge in [0.05, 0.1) is 6.21 Å². The summed E-state index contributed by atoms with van der Waals surface area (Å²) in [5.41, 5.74) is 0. The largest absolute Gasteiger partial charge is 0.478 e. The summed E-state index contributed by atoms with van der Waals surface area (Å²) in [7, 11) is 0. The van der Waals surface area contributed by atoms with E-state index in [1.54, 1.807) is 0 Å². The average Bonchev–Trinajstić information content (AvgIpc) is 2.47. The van der Waals surface area contributed by atoms with Crippen LogP contribution in [0.4, 0.5) is 0 Å². The first-order valence-corrected chi connectivity index (χ1v) is 7.59. The van der Waals surface area contributed by atoms with Gasteiger partial charge >= 0.3 is 11.9 Å². The molecule has 7 nitrogen and oxygen atoms in total. The summed E-state index contributed by atoms with van der Waals surface area (Å²) >= 11 is 11.0. The summed E-state index contributed by atoms with van der Waals surface area (Å²) in [6.07, 6.45) is 5.23. The number of carbonyl (C=O) groups is 2. The molecule has 2 N–H and O–H groups in total. The number of hydrogen-bond donors (Lipinski definition) is 2. The number of fused-ring (bicyclic) bond motifs is 3. The molecule has 0 aromatic heterocycles. The molecule has 0 aromatic carbocycles. The van der Waals surface area contributed by atoms with Gasteiger partial charge in [0.2, 0.25) is 0 Å². The maximum absolute atomic E-state index is 9.55. The molecule has 3 heterocycles. The molecule has 3 aliphatic rings. The molecule has 3 aliphatic heterocycles. The highest BCUT2D eigenvalue weighted by molar-refractivity contribution is 6.51. The molecule has 0 aliphatic carbocycles. The Balaban J connectivity index is 0.000000261. The van der Waals surface area contributed by atoms with Gasteiger partial charge < -0.3 is 15.1 Å². The van der Waals surface area contributed by atoms with Crippen LogP contribution in [0.2, 0.25) is 0 Å². The van der Waals surface area contributed by atoms with Crippen molar-refractivity contribution in [2.45, 2.75) is 23.8 Å². The normalized spacial score (nSPS) is 27.0.